The van der Waals surface area contributed by atoms with E-state index >= 15 is 0 Å². The topological polar surface area (TPSA) is 68.5 Å². The monoisotopic (exact) mass is 409 g/mol. The summed E-state index contributed by atoms with van der Waals surface area (Å²) in [6.07, 6.45) is 3.88. The van der Waals surface area contributed by atoms with Crippen LogP contribution in [0.3, 0.4) is 0 Å². The van der Waals surface area contributed by atoms with E-state index < -0.39 is 5.97 Å². The van der Waals surface area contributed by atoms with Gasteiger partial charge in [-0.2, -0.15) is 0 Å². The standard InChI is InChI=1S/C22H23N3O3S/c1-27-22(26)20-11-9-18(28-20)15-29-21-12-10-19(23-24-21)16-5-7-17(8-6-16)25-13-3-2-4-14-25/h5-12H,2-4,13-15H2,1H3. The molecule has 1 fully saturated rings. The summed E-state index contributed by atoms with van der Waals surface area (Å²) < 4.78 is 10.1. The summed E-state index contributed by atoms with van der Waals surface area (Å²) in [5.74, 6) is 0.985. The molecule has 0 amide bonds. The maximum Gasteiger partial charge on any atom is 0.373 e. The number of carbonyl (C=O) groups is 1. The van der Waals surface area contributed by atoms with Gasteiger partial charge in [-0.15, -0.1) is 10.2 Å². The molecule has 0 atom stereocenters. The van der Waals surface area contributed by atoms with E-state index in [4.69, 9.17) is 4.42 Å². The highest BCUT2D eigenvalue weighted by Crippen LogP contribution is 2.26. The van der Waals surface area contributed by atoms with Gasteiger partial charge in [0.1, 0.15) is 10.8 Å². The molecule has 0 aliphatic carbocycles. The first kappa shape index (κ1) is 19.5. The molecule has 1 aliphatic heterocycles. The minimum Gasteiger partial charge on any atom is -0.463 e. The van der Waals surface area contributed by atoms with Crippen LogP contribution in [-0.2, 0) is 10.5 Å². The molecule has 0 spiro atoms. The second-order valence-electron chi connectivity index (χ2n) is 6.90. The Bertz CT molecular complexity index is 948. The molecule has 29 heavy (non-hydrogen) atoms. The van der Waals surface area contributed by atoms with Gasteiger partial charge in [0, 0.05) is 24.3 Å². The number of carbonyl (C=O) groups excluding carboxylic acids is 1. The van der Waals surface area contributed by atoms with Gasteiger partial charge in [-0.25, -0.2) is 4.79 Å². The molecule has 0 N–H and O–H groups in total. The van der Waals surface area contributed by atoms with Gasteiger partial charge in [-0.1, -0.05) is 23.9 Å². The Labute approximate surface area is 174 Å². The van der Waals surface area contributed by atoms with Crippen LogP contribution in [0.15, 0.2) is 58.0 Å². The van der Waals surface area contributed by atoms with Crippen molar-refractivity contribution in [3.63, 3.8) is 0 Å². The molecular weight excluding hydrogens is 386 g/mol. The van der Waals surface area contributed by atoms with Gasteiger partial charge < -0.3 is 14.1 Å². The molecular formula is C22H23N3O3S. The van der Waals surface area contributed by atoms with E-state index in [0.29, 0.717) is 11.5 Å². The zero-order chi connectivity index (χ0) is 20.1. The summed E-state index contributed by atoms with van der Waals surface area (Å²) in [5.41, 5.74) is 3.19. The first-order chi connectivity index (χ1) is 14.2. The second-order valence-corrected chi connectivity index (χ2v) is 7.89. The Morgan fingerprint density at radius 2 is 1.83 bits per heavy atom. The quantitative estimate of drug-likeness (QED) is 0.428. The molecule has 1 aromatic carbocycles. The number of anilines is 1. The lowest BCUT2D eigenvalue weighted by Gasteiger charge is -2.28. The lowest BCUT2D eigenvalue weighted by molar-refractivity contribution is 0.0563. The van der Waals surface area contributed by atoms with Gasteiger partial charge in [0.05, 0.1) is 18.6 Å². The van der Waals surface area contributed by atoms with Crippen molar-refractivity contribution in [3.8, 4) is 11.3 Å². The van der Waals surface area contributed by atoms with Crippen LogP contribution in [0, 0.1) is 0 Å². The lowest BCUT2D eigenvalue weighted by Crippen LogP contribution is -2.29. The number of piperidine rings is 1. The molecule has 7 heteroatoms. The van der Waals surface area contributed by atoms with E-state index in [9.17, 15) is 4.79 Å². The van der Waals surface area contributed by atoms with Crippen molar-refractivity contribution in [1.29, 1.82) is 0 Å². The van der Waals surface area contributed by atoms with Crippen molar-refractivity contribution in [2.24, 2.45) is 0 Å². The number of hydrogen-bond acceptors (Lipinski definition) is 7. The summed E-state index contributed by atoms with van der Waals surface area (Å²) in [6, 6.07) is 15.9. The largest absolute Gasteiger partial charge is 0.463 e. The van der Waals surface area contributed by atoms with Crippen LogP contribution in [-0.4, -0.2) is 36.4 Å². The SMILES string of the molecule is COC(=O)c1ccc(CSc2ccc(-c3ccc(N4CCCCC4)cc3)nn2)o1. The number of nitrogens with zero attached hydrogens (tertiary/aromatic N) is 3. The van der Waals surface area contributed by atoms with E-state index in [1.165, 1.54) is 43.8 Å². The molecule has 1 saturated heterocycles. The fourth-order valence-corrected chi connectivity index (χ4v) is 4.07. The van der Waals surface area contributed by atoms with Crippen molar-refractivity contribution >= 4 is 23.4 Å². The van der Waals surface area contributed by atoms with Gasteiger partial charge in [0.2, 0.25) is 5.76 Å². The molecule has 1 aliphatic rings. The zero-order valence-corrected chi connectivity index (χ0v) is 17.2. The van der Waals surface area contributed by atoms with Gasteiger partial charge in [-0.05, 0) is 55.7 Å². The normalized spacial score (nSPS) is 14.0. The van der Waals surface area contributed by atoms with Crippen molar-refractivity contribution in [3.05, 3.63) is 60.1 Å². The van der Waals surface area contributed by atoms with Crippen molar-refractivity contribution < 1.29 is 13.9 Å². The molecule has 0 unspecified atom stereocenters. The number of benzene rings is 1. The smallest absolute Gasteiger partial charge is 0.373 e. The summed E-state index contributed by atoms with van der Waals surface area (Å²) in [6.45, 7) is 2.28. The number of rotatable bonds is 6. The van der Waals surface area contributed by atoms with Gasteiger partial charge in [-0.3, -0.25) is 0 Å². The van der Waals surface area contributed by atoms with Crippen molar-refractivity contribution in [1.82, 2.24) is 10.2 Å². The maximum atomic E-state index is 11.4. The number of furan rings is 1. The van der Waals surface area contributed by atoms with E-state index in [1.807, 2.05) is 12.1 Å². The molecule has 2 aromatic heterocycles. The van der Waals surface area contributed by atoms with Crippen LogP contribution in [0.1, 0.15) is 35.6 Å². The van der Waals surface area contributed by atoms with Crippen LogP contribution >= 0.6 is 11.8 Å². The van der Waals surface area contributed by atoms with E-state index in [0.717, 1.165) is 29.4 Å². The fourth-order valence-electron chi connectivity index (χ4n) is 3.36. The minimum atomic E-state index is -0.475. The number of hydrogen-bond donors (Lipinski definition) is 0. The molecule has 0 bridgehead atoms. The highest BCUT2D eigenvalue weighted by molar-refractivity contribution is 7.98. The van der Waals surface area contributed by atoms with E-state index in [1.54, 1.807) is 12.1 Å². The maximum absolute atomic E-state index is 11.4. The third-order valence-corrected chi connectivity index (χ3v) is 5.88. The Kier molecular flexibility index (Phi) is 6.14. The third-order valence-electron chi connectivity index (χ3n) is 4.93. The molecule has 4 rings (SSSR count). The van der Waals surface area contributed by atoms with Crippen LogP contribution in [0.5, 0.6) is 0 Å². The summed E-state index contributed by atoms with van der Waals surface area (Å²) in [5, 5.41) is 9.47. The summed E-state index contributed by atoms with van der Waals surface area (Å²) in [7, 11) is 1.33. The fraction of sp³-hybridized carbons (Fsp3) is 0.318. The first-order valence-corrected chi connectivity index (χ1v) is 10.7. The predicted molar refractivity (Wildman–Crippen MR) is 113 cm³/mol. The minimum absolute atomic E-state index is 0.206. The van der Waals surface area contributed by atoms with Crippen LogP contribution in [0.4, 0.5) is 5.69 Å². The Morgan fingerprint density at radius 1 is 1.03 bits per heavy atom. The second kappa shape index (κ2) is 9.13. The molecule has 3 heterocycles. The zero-order valence-electron chi connectivity index (χ0n) is 16.3. The van der Waals surface area contributed by atoms with Gasteiger partial charge >= 0.3 is 5.97 Å². The van der Waals surface area contributed by atoms with Gasteiger partial charge in [0.25, 0.3) is 0 Å². The van der Waals surface area contributed by atoms with Crippen molar-refractivity contribution in [2.45, 2.75) is 30.0 Å². The first-order valence-electron chi connectivity index (χ1n) is 9.72. The van der Waals surface area contributed by atoms with E-state index in [2.05, 4.69) is 44.1 Å². The summed E-state index contributed by atoms with van der Waals surface area (Å²) >= 11 is 1.51. The highest BCUT2D eigenvalue weighted by Gasteiger charge is 2.12. The predicted octanol–water partition coefficient (Wildman–Crippen LogP) is 4.81. The Morgan fingerprint density at radius 3 is 2.52 bits per heavy atom. The average Bonchev–Trinajstić information content (AvgIpc) is 3.27. The average molecular weight is 410 g/mol. The van der Waals surface area contributed by atoms with E-state index in [-0.39, 0.29) is 5.76 Å². The van der Waals surface area contributed by atoms with Crippen LogP contribution in [0.25, 0.3) is 11.3 Å². The van der Waals surface area contributed by atoms with Crippen LogP contribution < -0.4 is 4.90 Å². The summed E-state index contributed by atoms with van der Waals surface area (Å²) in [4.78, 5) is 13.9. The molecule has 0 saturated carbocycles. The Balaban J connectivity index is 1.36. The number of esters is 1. The number of methoxy groups -OCH3 is 1. The molecule has 0 radical (unpaired) electrons. The highest BCUT2D eigenvalue weighted by atomic mass is 32.2. The third kappa shape index (κ3) is 4.79. The Hall–Kier alpha value is -2.80. The lowest BCUT2D eigenvalue weighted by atomic mass is 10.1. The molecule has 6 nitrogen and oxygen atoms in total. The van der Waals surface area contributed by atoms with Crippen LogP contribution in [0.2, 0.25) is 0 Å². The number of aromatic nitrogens is 2. The number of ether oxygens (including phenoxy) is 1. The molecule has 150 valence electrons. The van der Waals surface area contributed by atoms with Crippen molar-refractivity contribution in [2.75, 3.05) is 25.1 Å². The van der Waals surface area contributed by atoms with Gasteiger partial charge in [0.15, 0.2) is 0 Å². The molecule has 3 aromatic rings. The number of thioether (sulfide) groups is 1.